The van der Waals surface area contributed by atoms with Gasteiger partial charge in [0, 0.05) is 18.6 Å². The van der Waals surface area contributed by atoms with Crippen molar-refractivity contribution in [1.29, 1.82) is 0 Å². The summed E-state index contributed by atoms with van der Waals surface area (Å²) in [4.78, 5) is 0. The van der Waals surface area contributed by atoms with Crippen molar-refractivity contribution in [2.75, 3.05) is 13.2 Å². The van der Waals surface area contributed by atoms with E-state index < -0.39 is 92.2 Å². The number of hydrogen-bond acceptors (Lipinski definition) is 14. The van der Waals surface area contributed by atoms with Gasteiger partial charge in [0.25, 0.3) is 0 Å². The monoisotopic (exact) mass is 454 g/mol. The molecular weight excluding hydrogens is 420 g/mol. The summed E-state index contributed by atoms with van der Waals surface area (Å²) in [5.74, 6) is 0. The van der Waals surface area contributed by atoms with Gasteiger partial charge in [-0.05, 0) is 6.42 Å². The largest absolute Gasteiger partial charge is 0.394 e. The van der Waals surface area contributed by atoms with Crippen LogP contribution in [0.1, 0.15) is 6.42 Å². The SMILES string of the molecule is NC[C@H]1O[C@@H](O[C@@H]2[C@@H](O)[C@H](N)C[C@H](N)[C@H]2O[C@H]2O[C@H](CO)[C@@H](O)[C@H](O)[C@H]2N)[C@H](O)[C@@H]1O. The van der Waals surface area contributed by atoms with Gasteiger partial charge in [0.2, 0.25) is 0 Å². The summed E-state index contributed by atoms with van der Waals surface area (Å²) in [7, 11) is 0. The number of ether oxygens (including phenoxy) is 4. The van der Waals surface area contributed by atoms with E-state index in [1.165, 1.54) is 0 Å². The lowest BCUT2D eigenvalue weighted by molar-refractivity contribution is -0.310. The van der Waals surface area contributed by atoms with E-state index in [0.29, 0.717) is 0 Å². The molecule has 182 valence electrons. The van der Waals surface area contributed by atoms with Crippen LogP contribution in [0.15, 0.2) is 0 Å². The van der Waals surface area contributed by atoms with Crippen molar-refractivity contribution in [3.8, 4) is 0 Å². The van der Waals surface area contributed by atoms with Gasteiger partial charge in [-0.1, -0.05) is 0 Å². The van der Waals surface area contributed by atoms with Gasteiger partial charge >= 0.3 is 0 Å². The van der Waals surface area contributed by atoms with Crippen molar-refractivity contribution in [3.63, 3.8) is 0 Å². The van der Waals surface area contributed by atoms with Crippen LogP contribution < -0.4 is 22.9 Å². The highest BCUT2D eigenvalue weighted by Gasteiger charge is 2.52. The van der Waals surface area contributed by atoms with Crippen LogP contribution in [0.5, 0.6) is 0 Å². The highest BCUT2D eigenvalue weighted by atomic mass is 16.7. The van der Waals surface area contributed by atoms with E-state index in [0.717, 1.165) is 0 Å². The molecule has 0 aromatic rings. The Morgan fingerprint density at radius 3 is 1.87 bits per heavy atom. The highest BCUT2D eigenvalue weighted by Crippen LogP contribution is 2.31. The van der Waals surface area contributed by atoms with Crippen LogP contribution in [0.25, 0.3) is 0 Å². The molecule has 14 nitrogen and oxygen atoms in total. The van der Waals surface area contributed by atoms with Gasteiger partial charge in [0.05, 0.1) is 18.8 Å². The summed E-state index contributed by atoms with van der Waals surface area (Å²) in [5.41, 5.74) is 23.6. The van der Waals surface area contributed by atoms with E-state index in [1.807, 2.05) is 0 Å². The molecule has 3 rings (SSSR count). The van der Waals surface area contributed by atoms with Crippen molar-refractivity contribution < 1.29 is 49.6 Å². The summed E-state index contributed by atoms with van der Waals surface area (Å²) >= 11 is 0. The fraction of sp³-hybridized carbons (Fsp3) is 1.00. The first-order chi connectivity index (χ1) is 14.6. The summed E-state index contributed by atoms with van der Waals surface area (Å²) < 4.78 is 22.5. The zero-order chi connectivity index (χ0) is 23.0. The van der Waals surface area contributed by atoms with Gasteiger partial charge in [0.15, 0.2) is 12.6 Å². The summed E-state index contributed by atoms with van der Waals surface area (Å²) in [6.07, 6.45) is -13.8. The Morgan fingerprint density at radius 2 is 1.29 bits per heavy atom. The molecule has 2 heterocycles. The van der Waals surface area contributed by atoms with Crippen LogP contribution in [0.4, 0.5) is 0 Å². The lowest BCUT2D eigenvalue weighted by atomic mass is 9.84. The maximum absolute atomic E-state index is 10.6. The molecule has 0 bridgehead atoms. The second-order valence-corrected chi connectivity index (χ2v) is 8.30. The highest BCUT2D eigenvalue weighted by molar-refractivity contribution is 5.01. The molecule has 31 heavy (non-hydrogen) atoms. The van der Waals surface area contributed by atoms with E-state index in [2.05, 4.69) is 0 Å². The lowest BCUT2D eigenvalue weighted by Crippen LogP contribution is -2.68. The number of aliphatic hydroxyl groups is 6. The molecule has 0 aromatic carbocycles. The molecule has 0 spiro atoms. The van der Waals surface area contributed by atoms with E-state index in [9.17, 15) is 30.6 Å². The molecule has 0 radical (unpaired) electrons. The second kappa shape index (κ2) is 10.1. The minimum atomic E-state index is -1.46. The van der Waals surface area contributed by atoms with E-state index in [4.69, 9.17) is 41.9 Å². The molecule has 0 aromatic heterocycles. The fourth-order valence-electron chi connectivity index (χ4n) is 4.16. The van der Waals surface area contributed by atoms with E-state index >= 15 is 0 Å². The Bertz CT molecular complexity index is 591. The molecule has 3 aliphatic rings. The predicted octanol–water partition coefficient (Wildman–Crippen LogP) is -6.65. The van der Waals surface area contributed by atoms with Crippen LogP contribution in [0, 0.1) is 0 Å². The third kappa shape index (κ3) is 4.87. The maximum Gasteiger partial charge on any atom is 0.187 e. The Kier molecular flexibility index (Phi) is 8.21. The first-order valence-electron chi connectivity index (χ1n) is 10.2. The molecule has 2 saturated heterocycles. The average molecular weight is 454 g/mol. The molecule has 0 amide bonds. The van der Waals surface area contributed by atoms with Crippen molar-refractivity contribution in [2.45, 2.75) is 92.1 Å². The van der Waals surface area contributed by atoms with E-state index in [1.54, 1.807) is 0 Å². The minimum Gasteiger partial charge on any atom is -0.394 e. The Labute approximate surface area is 178 Å². The number of hydrogen-bond donors (Lipinski definition) is 10. The third-order valence-corrected chi connectivity index (χ3v) is 6.13. The number of nitrogens with two attached hydrogens (primary N) is 4. The lowest BCUT2D eigenvalue weighted by Gasteiger charge is -2.47. The topological polar surface area (TPSA) is 262 Å². The molecule has 14 N–H and O–H groups in total. The molecule has 14 atom stereocenters. The molecule has 1 aliphatic carbocycles. The van der Waals surface area contributed by atoms with Gasteiger partial charge in [-0.15, -0.1) is 0 Å². The predicted molar refractivity (Wildman–Crippen MR) is 102 cm³/mol. The summed E-state index contributed by atoms with van der Waals surface area (Å²) in [6, 6.07) is -2.76. The van der Waals surface area contributed by atoms with Crippen LogP contribution in [0.2, 0.25) is 0 Å². The maximum atomic E-state index is 10.6. The quantitative estimate of drug-likeness (QED) is 0.179. The Morgan fingerprint density at radius 1 is 0.710 bits per heavy atom. The van der Waals surface area contributed by atoms with Crippen LogP contribution in [0.3, 0.4) is 0 Å². The molecular formula is C17H34N4O10. The van der Waals surface area contributed by atoms with Crippen molar-refractivity contribution >= 4 is 0 Å². The van der Waals surface area contributed by atoms with Crippen LogP contribution >= 0.6 is 0 Å². The second-order valence-electron chi connectivity index (χ2n) is 8.30. The summed E-state index contributed by atoms with van der Waals surface area (Å²) in [6.45, 7) is -0.673. The number of aliphatic hydroxyl groups excluding tert-OH is 6. The van der Waals surface area contributed by atoms with Crippen molar-refractivity contribution in [3.05, 3.63) is 0 Å². The summed E-state index contributed by atoms with van der Waals surface area (Å²) in [5, 5.41) is 60.3. The zero-order valence-corrected chi connectivity index (χ0v) is 16.8. The zero-order valence-electron chi connectivity index (χ0n) is 16.8. The molecule has 2 aliphatic heterocycles. The minimum absolute atomic E-state index is 0.0716. The van der Waals surface area contributed by atoms with Gasteiger partial charge in [-0.3, -0.25) is 0 Å². The standard InChI is InChI=1S/C17H34N4O10/c18-2-6-10(24)13(27)17(28-6)31-15-9(23)4(19)1-5(20)14(15)30-16-8(21)12(26)11(25)7(3-22)29-16/h4-17,22-27H,1-3,18-21H2/t4-,5+,6-,7-,8-,9+,10-,11-,12-,13-,14-,15-,16-,17+/m1/s1. The molecule has 1 saturated carbocycles. The normalized spacial score (nSPS) is 53.6. The van der Waals surface area contributed by atoms with Crippen LogP contribution in [-0.2, 0) is 18.9 Å². The van der Waals surface area contributed by atoms with Gasteiger partial charge < -0.3 is 72.5 Å². The van der Waals surface area contributed by atoms with Gasteiger partial charge in [0.1, 0.15) is 48.8 Å². The van der Waals surface area contributed by atoms with Gasteiger partial charge in [-0.25, -0.2) is 0 Å². The third-order valence-electron chi connectivity index (χ3n) is 6.13. The Balaban J connectivity index is 1.78. The van der Waals surface area contributed by atoms with E-state index in [-0.39, 0.29) is 13.0 Å². The molecule has 0 unspecified atom stereocenters. The van der Waals surface area contributed by atoms with Crippen LogP contribution in [-0.4, -0.2) is 129 Å². The van der Waals surface area contributed by atoms with Crippen molar-refractivity contribution in [1.82, 2.24) is 0 Å². The molecule has 3 fully saturated rings. The number of rotatable bonds is 6. The smallest absolute Gasteiger partial charge is 0.187 e. The average Bonchev–Trinajstić information content (AvgIpc) is 3.02. The molecule has 14 heteroatoms. The first-order valence-corrected chi connectivity index (χ1v) is 10.2. The van der Waals surface area contributed by atoms with Gasteiger partial charge in [-0.2, -0.15) is 0 Å². The Hall–Kier alpha value is -0.560. The fourth-order valence-corrected chi connectivity index (χ4v) is 4.16. The first kappa shape index (κ1) is 25.1. The van der Waals surface area contributed by atoms with Crippen molar-refractivity contribution in [2.24, 2.45) is 22.9 Å².